The Balaban J connectivity index is 2.11. The Morgan fingerprint density at radius 1 is 0.682 bits per heavy atom. The fourth-order valence-electron chi connectivity index (χ4n) is 3.06. The molecule has 0 N–H and O–H groups in total. The minimum Gasteiger partial charge on any atom is -0.344 e. The van der Waals surface area contributed by atoms with E-state index in [9.17, 15) is 0 Å². The van der Waals surface area contributed by atoms with Gasteiger partial charge in [0, 0.05) is 18.4 Å². The standard InChI is InChI=1S/C21H23N/c1-14-12-21(17(4)16(3)15(14)2)22(5)20-11-10-18-8-6-7-9-19(18)13-20/h6-13H,1-5H3. The van der Waals surface area contributed by atoms with Crippen LogP contribution in [-0.2, 0) is 0 Å². The molecule has 1 nitrogen and oxygen atoms in total. The fourth-order valence-corrected chi connectivity index (χ4v) is 3.06. The zero-order valence-electron chi connectivity index (χ0n) is 14.1. The third-order valence-electron chi connectivity index (χ3n) is 4.94. The molecule has 22 heavy (non-hydrogen) atoms. The second-order valence-corrected chi connectivity index (χ2v) is 6.18. The molecule has 0 unspecified atom stereocenters. The van der Waals surface area contributed by atoms with Crippen LogP contribution in [0.2, 0.25) is 0 Å². The van der Waals surface area contributed by atoms with E-state index in [4.69, 9.17) is 0 Å². The van der Waals surface area contributed by atoms with Gasteiger partial charge in [-0.2, -0.15) is 0 Å². The first-order chi connectivity index (χ1) is 10.5. The van der Waals surface area contributed by atoms with Gasteiger partial charge >= 0.3 is 0 Å². The molecule has 0 aliphatic rings. The monoisotopic (exact) mass is 289 g/mol. The van der Waals surface area contributed by atoms with Gasteiger partial charge in [-0.25, -0.2) is 0 Å². The Morgan fingerprint density at radius 3 is 2.09 bits per heavy atom. The van der Waals surface area contributed by atoms with Crippen LogP contribution in [-0.4, -0.2) is 7.05 Å². The van der Waals surface area contributed by atoms with Crippen LogP contribution < -0.4 is 4.90 Å². The molecule has 0 atom stereocenters. The molecule has 0 bridgehead atoms. The van der Waals surface area contributed by atoms with Crippen molar-refractivity contribution in [3.63, 3.8) is 0 Å². The van der Waals surface area contributed by atoms with E-state index in [1.807, 2.05) is 0 Å². The topological polar surface area (TPSA) is 3.24 Å². The van der Waals surface area contributed by atoms with Gasteiger partial charge in [-0.1, -0.05) is 30.3 Å². The maximum absolute atomic E-state index is 2.30. The summed E-state index contributed by atoms with van der Waals surface area (Å²) in [6.07, 6.45) is 0. The van der Waals surface area contributed by atoms with Gasteiger partial charge in [0.1, 0.15) is 0 Å². The van der Waals surface area contributed by atoms with Crippen LogP contribution in [0.25, 0.3) is 10.8 Å². The summed E-state index contributed by atoms with van der Waals surface area (Å²) < 4.78 is 0. The normalized spacial score (nSPS) is 11.0. The molecule has 0 saturated carbocycles. The Hall–Kier alpha value is -2.28. The minimum absolute atomic E-state index is 1.23. The number of benzene rings is 3. The van der Waals surface area contributed by atoms with E-state index in [0.29, 0.717) is 0 Å². The summed E-state index contributed by atoms with van der Waals surface area (Å²) in [5.74, 6) is 0. The Morgan fingerprint density at radius 2 is 1.36 bits per heavy atom. The smallest absolute Gasteiger partial charge is 0.0443 e. The van der Waals surface area contributed by atoms with Crippen LogP contribution in [0.15, 0.2) is 48.5 Å². The van der Waals surface area contributed by atoms with Crippen LogP contribution in [0.1, 0.15) is 22.3 Å². The van der Waals surface area contributed by atoms with Gasteiger partial charge < -0.3 is 4.90 Å². The predicted molar refractivity (Wildman–Crippen MR) is 97.4 cm³/mol. The molecule has 0 radical (unpaired) electrons. The molecular weight excluding hydrogens is 266 g/mol. The van der Waals surface area contributed by atoms with Crippen LogP contribution >= 0.6 is 0 Å². The summed E-state index contributed by atoms with van der Waals surface area (Å²) in [6.45, 7) is 8.83. The van der Waals surface area contributed by atoms with Gasteiger partial charge in [-0.15, -0.1) is 0 Å². The van der Waals surface area contributed by atoms with Crippen LogP contribution in [0.4, 0.5) is 11.4 Å². The molecule has 0 heterocycles. The number of anilines is 2. The van der Waals surface area contributed by atoms with Crippen molar-refractivity contribution in [3.8, 4) is 0 Å². The molecule has 0 saturated heterocycles. The molecule has 0 aromatic heterocycles. The van der Waals surface area contributed by atoms with Gasteiger partial charge in [0.15, 0.2) is 0 Å². The van der Waals surface area contributed by atoms with Crippen LogP contribution in [0.5, 0.6) is 0 Å². The Kier molecular flexibility index (Phi) is 3.66. The van der Waals surface area contributed by atoms with Crippen molar-refractivity contribution >= 4 is 22.1 Å². The Bertz CT molecular complexity index is 846. The van der Waals surface area contributed by atoms with Gasteiger partial charge in [0.2, 0.25) is 0 Å². The molecule has 0 aliphatic heterocycles. The molecule has 3 aromatic carbocycles. The molecule has 112 valence electrons. The van der Waals surface area contributed by atoms with Crippen molar-refractivity contribution < 1.29 is 0 Å². The number of nitrogens with zero attached hydrogens (tertiary/aromatic N) is 1. The lowest BCUT2D eigenvalue weighted by Crippen LogP contribution is -2.12. The largest absolute Gasteiger partial charge is 0.344 e. The molecule has 0 spiro atoms. The summed E-state index contributed by atoms with van der Waals surface area (Å²) in [5, 5.41) is 2.57. The maximum Gasteiger partial charge on any atom is 0.0443 e. The van der Waals surface area contributed by atoms with E-state index in [1.54, 1.807) is 0 Å². The highest BCUT2D eigenvalue weighted by Gasteiger charge is 2.12. The number of rotatable bonds is 2. The van der Waals surface area contributed by atoms with Gasteiger partial charge in [0.25, 0.3) is 0 Å². The lowest BCUT2D eigenvalue weighted by atomic mass is 9.97. The summed E-state index contributed by atoms with van der Waals surface area (Å²) in [4.78, 5) is 2.29. The summed E-state index contributed by atoms with van der Waals surface area (Å²) in [6, 6.07) is 17.5. The van der Waals surface area contributed by atoms with Crippen molar-refractivity contribution in [2.75, 3.05) is 11.9 Å². The van der Waals surface area contributed by atoms with E-state index >= 15 is 0 Å². The van der Waals surface area contributed by atoms with Gasteiger partial charge in [0.05, 0.1) is 0 Å². The van der Waals surface area contributed by atoms with Crippen molar-refractivity contribution in [3.05, 3.63) is 70.8 Å². The van der Waals surface area contributed by atoms with E-state index in [1.165, 1.54) is 44.4 Å². The molecule has 3 aromatic rings. The van der Waals surface area contributed by atoms with Crippen LogP contribution in [0.3, 0.4) is 0 Å². The minimum atomic E-state index is 1.23. The third kappa shape index (κ3) is 2.37. The van der Waals surface area contributed by atoms with E-state index in [-0.39, 0.29) is 0 Å². The molecule has 0 aliphatic carbocycles. The Labute approximate surface area is 133 Å². The first kappa shape index (κ1) is 14.6. The fraction of sp³-hybridized carbons (Fsp3) is 0.238. The quantitative estimate of drug-likeness (QED) is 0.572. The second-order valence-electron chi connectivity index (χ2n) is 6.18. The van der Waals surface area contributed by atoms with Crippen molar-refractivity contribution in [2.24, 2.45) is 0 Å². The zero-order valence-corrected chi connectivity index (χ0v) is 14.1. The predicted octanol–water partition coefficient (Wildman–Crippen LogP) is 5.84. The lowest BCUT2D eigenvalue weighted by molar-refractivity contribution is 1.14. The zero-order chi connectivity index (χ0) is 15.9. The highest BCUT2D eigenvalue weighted by atomic mass is 15.1. The number of fused-ring (bicyclic) bond motifs is 1. The first-order valence-electron chi connectivity index (χ1n) is 7.79. The van der Waals surface area contributed by atoms with Crippen molar-refractivity contribution in [2.45, 2.75) is 27.7 Å². The highest BCUT2D eigenvalue weighted by Crippen LogP contribution is 2.33. The van der Waals surface area contributed by atoms with E-state index < -0.39 is 0 Å². The SMILES string of the molecule is Cc1cc(N(C)c2ccc3ccccc3c2)c(C)c(C)c1C. The van der Waals surface area contributed by atoms with Crippen molar-refractivity contribution in [1.82, 2.24) is 0 Å². The second kappa shape index (κ2) is 5.49. The molecule has 0 amide bonds. The van der Waals surface area contributed by atoms with Crippen LogP contribution in [0, 0.1) is 27.7 Å². The summed E-state index contributed by atoms with van der Waals surface area (Å²) in [7, 11) is 2.15. The van der Waals surface area contributed by atoms with E-state index in [0.717, 1.165) is 0 Å². The highest BCUT2D eigenvalue weighted by molar-refractivity contribution is 5.87. The maximum atomic E-state index is 2.30. The average Bonchev–Trinajstić information content (AvgIpc) is 2.55. The van der Waals surface area contributed by atoms with E-state index in [2.05, 4.69) is 88.2 Å². The molecule has 3 rings (SSSR count). The van der Waals surface area contributed by atoms with Crippen molar-refractivity contribution in [1.29, 1.82) is 0 Å². The summed E-state index contributed by atoms with van der Waals surface area (Å²) >= 11 is 0. The van der Waals surface area contributed by atoms with Gasteiger partial charge in [-0.3, -0.25) is 0 Å². The van der Waals surface area contributed by atoms with Gasteiger partial charge in [-0.05, 0) is 78.9 Å². The average molecular weight is 289 g/mol. The number of aryl methyl sites for hydroxylation is 1. The summed E-state index contributed by atoms with van der Waals surface area (Å²) in [5.41, 5.74) is 8.01. The molecule has 0 fully saturated rings. The lowest BCUT2D eigenvalue weighted by Gasteiger charge is -2.25. The first-order valence-corrected chi connectivity index (χ1v) is 7.79. The number of hydrogen-bond acceptors (Lipinski definition) is 1. The number of hydrogen-bond donors (Lipinski definition) is 0. The molecular formula is C21H23N. The third-order valence-corrected chi connectivity index (χ3v) is 4.94. The molecule has 1 heteroatoms.